The molecule has 2 rings (SSSR count). The molecule has 4 heteroatoms. The number of hydrogen-bond donors (Lipinski definition) is 1. The van der Waals surface area contributed by atoms with Gasteiger partial charge in [-0.05, 0) is 6.42 Å². The average molecular weight is 184 g/mol. The van der Waals surface area contributed by atoms with Crippen molar-refractivity contribution in [2.75, 3.05) is 32.7 Å². The number of nitrogens with zero attached hydrogens (tertiary/aromatic N) is 1. The maximum absolute atomic E-state index is 10.8. The van der Waals surface area contributed by atoms with Gasteiger partial charge in [-0.1, -0.05) is 0 Å². The number of hydrogen-bond acceptors (Lipinski definition) is 4. The summed E-state index contributed by atoms with van der Waals surface area (Å²) in [6, 6.07) is 0. The van der Waals surface area contributed by atoms with Crippen LogP contribution < -0.4 is 5.32 Å². The number of nitrogens with one attached hydrogen (secondary N) is 1. The van der Waals surface area contributed by atoms with Crippen molar-refractivity contribution in [3.8, 4) is 0 Å². The zero-order valence-corrected chi connectivity index (χ0v) is 7.79. The van der Waals surface area contributed by atoms with Crippen LogP contribution >= 0.6 is 0 Å². The second kappa shape index (κ2) is 4.07. The molecule has 0 bridgehead atoms. The maximum Gasteiger partial charge on any atom is 0.306 e. The van der Waals surface area contributed by atoms with E-state index in [0.717, 1.165) is 39.1 Å². The number of carbonyl (C=O) groups excluding carboxylic acids is 1. The van der Waals surface area contributed by atoms with Crippen molar-refractivity contribution in [2.45, 2.75) is 18.9 Å². The first-order chi connectivity index (χ1) is 6.34. The van der Waals surface area contributed by atoms with Gasteiger partial charge in [0.15, 0.2) is 0 Å². The van der Waals surface area contributed by atoms with Crippen LogP contribution in [0.2, 0.25) is 0 Å². The lowest BCUT2D eigenvalue weighted by Gasteiger charge is -2.28. The molecule has 13 heavy (non-hydrogen) atoms. The Morgan fingerprint density at radius 2 is 2.23 bits per heavy atom. The number of carbonyl (C=O) groups is 1. The quantitative estimate of drug-likeness (QED) is 0.593. The third-order valence-corrected chi connectivity index (χ3v) is 2.64. The fraction of sp³-hybridized carbons (Fsp3) is 0.889. The van der Waals surface area contributed by atoms with Gasteiger partial charge in [-0.15, -0.1) is 0 Å². The van der Waals surface area contributed by atoms with Crippen LogP contribution in [0.5, 0.6) is 0 Å². The van der Waals surface area contributed by atoms with E-state index in [-0.39, 0.29) is 12.1 Å². The molecule has 0 aliphatic carbocycles. The summed E-state index contributed by atoms with van der Waals surface area (Å²) in [6.45, 7) is 5.19. The van der Waals surface area contributed by atoms with Crippen molar-refractivity contribution in [1.82, 2.24) is 10.2 Å². The summed E-state index contributed by atoms with van der Waals surface area (Å²) in [7, 11) is 0. The zero-order valence-electron chi connectivity index (χ0n) is 7.79. The number of cyclic esters (lactones) is 1. The molecule has 0 aromatic heterocycles. The smallest absolute Gasteiger partial charge is 0.306 e. The van der Waals surface area contributed by atoms with E-state index in [4.69, 9.17) is 4.74 Å². The molecule has 0 spiro atoms. The van der Waals surface area contributed by atoms with Crippen LogP contribution in [0.25, 0.3) is 0 Å². The monoisotopic (exact) mass is 184 g/mol. The first kappa shape index (κ1) is 8.97. The van der Waals surface area contributed by atoms with E-state index in [1.54, 1.807) is 0 Å². The maximum atomic E-state index is 10.8. The molecule has 4 nitrogen and oxygen atoms in total. The minimum Gasteiger partial charge on any atom is -0.461 e. The summed E-state index contributed by atoms with van der Waals surface area (Å²) in [5.41, 5.74) is 0. The van der Waals surface area contributed by atoms with Gasteiger partial charge in [-0.3, -0.25) is 9.69 Å². The molecule has 0 saturated carbocycles. The molecule has 1 atom stereocenters. The summed E-state index contributed by atoms with van der Waals surface area (Å²) in [6.07, 6.45) is 1.67. The fourth-order valence-corrected chi connectivity index (χ4v) is 1.89. The molecule has 0 radical (unpaired) electrons. The molecule has 2 aliphatic heterocycles. The normalized spacial score (nSPS) is 30.5. The molecule has 2 heterocycles. The molecule has 0 aromatic carbocycles. The predicted octanol–water partition coefficient (Wildman–Crippen LogP) is -0.403. The van der Waals surface area contributed by atoms with Crippen molar-refractivity contribution in [3.05, 3.63) is 0 Å². The number of piperazine rings is 1. The van der Waals surface area contributed by atoms with Crippen molar-refractivity contribution in [1.29, 1.82) is 0 Å². The van der Waals surface area contributed by atoms with E-state index in [2.05, 4.69) is 10.2 Å². The highest BCUT2D eigenvalue weighted by molar-refractivity contribution is 5.71. The van der Waals surface area contributed by atoms with Crippen molar-refractivity contribution in [3.63, 3.8) is 0 Å². The fourth-order valence-electron chi connectivity index (χ4n) is 1.89. The lowest BCUT2D eigenvalue weighted by molar-refractivity contribution is -0.142. The zero-order chi connectivity index (χ0) is 9.10. The molecular formula is C9H16N2O2. The predicted molar refractivity (Wildman–Crippen MR) is 48.4 cm³/mol. The Labute approximate surface area is 78.2 Å². The van der Waals surface area contributed by atoms with Crippen LogP contribution in [0.1, 0.15) is 12.8 Å². The van der Waals surface area contributed by atoms with Gasteiger partial charge in [0.1, 0.15) is 6.10 Å². The largest absolute Gasteiger partial charge is 0.461 e. The van der Waals surface area contributed by atoms with Crippen molar-refractivity contribution in [2.24, 2.45) is 0 Å². The lowest BCUT2D eigenvalue weighted by atomic mass is 10.2. The SMILES string of the molecule is O=C1CCC(CN2CCNCC2)O1. The van der Waals surface area contributed by atoms with Crippen molar-refractivity contribution < 1.29 is 9.53 Å². The Morgan fingerprint density at radius 3 is 2.85 bits per heavy atom. The summed E-state index contributed by atoms with van der Waals surface area (Å²) < 4.78 is 5.16. The van der Waals surface area contributed by atoms with Crippen LogP contribution in [0.15, 0.2) is 0 Å². The Morgan fingerprint density at radius 1 is 1.46 bits per heavy atom. The van der Waals surface area contributed by atoms with Gasteiger partial charge in [0.2, 0.25) is 0 Å². The second-order valence-corrected chi connectivity index (χ2v) is 3.70. The highest BCUT2D eigenvalue weighted by atomic mass is 16.5. The van der Waals surface area contributed by atoms with Gasteiger partial charge in [0.25, 0.3) is 0 Å². The molecule has 1 N–H and O–H groups in total. The molecule has 0 aromatic rings. The average Bonchev–Trinajstić information content (AvgIpc) is 2.53. The molecule has 2 fully saturated rings. The van der Waals surface area contributed by atoms with Gasteiger partial charge < -0.3 is 10.1 Å². The first-order valence-electron chi connectivity index (χ1n) is 4.97. The third-order valence-electron chi connectivity index (χ3n) is 2.64. The topological polar surface area (TPSA) is 41.6 Å². The third kappa shape index (κ3) is 2.42. The Hall–Kier alpha value is -0.610. The molecule has 2 aliphatic rings. The Bertz CT molecular complexity index is 190. The van der Waals surface area contributed by atoms with E-state index < -0.39 is 0 Å². The van der Waals surface area contributed by atoms with Crippen LogP contribution in [0.3, 0.4) is 0 Å². The standard InChI is InChI=1S/C9H16N2O2/c12-9-2-1-8(13-9)7-11-5-3-10-4-6-11/h8,10H,1-7H2. The molecule has 1 unspecified atom stereocenters. The summed E-state index contributed by atoms with van der Waals surface area (Å²) in [5, 5.41) is 3.30. The number of rotatable bonds is 2. The van der Waals surface area contributed by atoms with E-state index in [1.165, 1.54) is 0 Å². The van der Waals surface area contributed by atoms with Crippen LogP contribution in [-0.4, -0.2) is 49.7 Å². The molecular weight excluding hydrogens is 168 g/mol. The molecule has 2 saturated heterocycles. The van der Waals surface area contributed by atoms with E-state index in [1.807, 2.05) is 0 Å². The van der Waals surface area contributed by atoms with E-state index in [9.17, 15) is 4.79 Å². The van der Waals surface area contributed by atoms with Gasteiger partial charge in [-0.2, -0.15) is 0 Å². The minimum absolute atomic E-state index is 0.0277. The van der Waals surface area contributed by atoms with Gasteiger partial charge >= 0.3 is 5.97 Å². The highest BCUT2D eigenvalue weighted by Crippen LogP contribution is 2.14. The van der Waals surface area contributed by atoms with Gasteiger partial charge in [0.05, 0.1) is 0 Å². The summed E-state index contributed by atoms with van der Waals surface area (Å²) in [4.78, 5) is 13.2. The van der Waals surface area contributed by atoms with Crippen LogP contribution in [0.4, 0.5) is 0 Å². The summed E-state index contributed by atoms with van der Waals surface area (Å²) in [5.74, 6) is -0.0277. The van der Waals surface area contributed by atoms with E-state index >= 15 is 0 Å². The molecule has 74 valence electrons. The van der Waals surface area contributed by atoms with Crippen molar-refractivity contribution >= 4 is 5.97 Å². The second-order valence-electron chi connectivity index (χ2n) is 3.70. The van der Waals surface area contributed by atoms with Crippen LogP contribution in [0, 0.1) is 0 Å². The van der Waals surface area contributed by atoms with Crippen LogP contribution in [-0.2, 0) is 9.53 Å². The van der Waals surface area contributed by atoms with E-state index in [0.29, 0.717) is 6.42 Å². The minimum atomic E-state index is -0.0277. The summed E-state index contributed by atoms with van der Waals surface area (Å²) >= 11 is 0. The number of esters is 1. The Balaban J connectivity index is 1.73. The lowest BCUT2D eigenvalue weighted by Crippen LogP contribution is -2.46. The first-order valence-corrected chi connectivity index (χ1v) is 4.97. The number of ether oxygens (including phenoxy) is 1. The van der Waals surface area contributed by atoms with Gasteiger partial charge in [-0.25, -0.2) is 0 Å². The highest BCUT2D eigenvalue weighted by Gasteiger charge is 2.25. The Kier molecular flexibility index (Phi) is 2.80. The van der Waals surface area contributed by atoms with Gasteiger partial charge in [0, 0.05) is 39.1 Å². The molecule has 0 amide bonds.